The fourth-order valence-electron chi connectivity index (χ4n) is 0.791. The molecule has 1 rings (SSSR count). The van der Waals surface area contributed by atoms with Gasteiger partial charge in [0, 0.05) is 6.92 Å². The van der Waals surface area contributed by atoms with Gasteiger partial charge in [-0.05, 0) is 12.1 Å². The normalized spacial score (nSPS) is 9.38. The van der Waals surface area contributed by atoms with Crippen LogP contribution in [-0.4, -0.2) is 13.1 Å². The molecule has 0 spiro atoms. The first-order valence-electron chi connectivity index (χ1n) is 3.72. The average molecular weight is 198 g/mol. The van der Waals surface area contributed by atoms with Gasteiger partial charge in [-0.1, -0.05) is 12.1 Å². The van der Waals surface area contributed by atoms with Crippen LogP contribution in [0.15, 0.2) is 29.2 Å². The fraction of sp³-hybridized carbons (Fsp3) is 0.222. The third kappa shape index (κ3) is 2.99. The van der Waals surface area contributed by atoms with Crippen molar-refractivity contribution in [3.05, 3.63) is 24.3 Å². The van der Waals surface area contributed by atoms with Gasteiger partial charge in [-0.25, -0.2) is 0 Å². The second-order valence-corrected chi connectivity index (χ2v) is 3.08. The zero-order chi connectivity index (χ0) is 9.68. The van der Waals surface area contributed by atoms with Gasteiger partial charge in [-0.2, -0.15) is 0 Å². The maximum absolute atomic E-state index is 10.5. The molecule has 0 atom stereocenters. The number of para-hydroxylation sites is 1. The number of methoxy groups -OCH3 is 1. The highest BCUT2D eigenvalue weighted by atomic mass is 32.2. The van der Waals surface area contributed by atoms with E-state index in [0.29, 0.717) is 5.75 Å². The Labute approximate surface area is 81.2 Å². The Morgan fingerprint density at radius 3 is 2.69 bits per heavy atom. The Bertz CT molecular complexity index is 299. The van der Waals surface area contributed by atoms with Crippen molar-refractivity contribution in [2.75, 3.05) is 7.11 Å². The molecule has 0 aliphatic heterocycles. The van der Waals surface area contributed by atoms with Crippen molar-refractivity contribution in [1.82, 2.24) is 0 Å². The van der Waals surface area contributed by atoms with E-state index in [9.17, 15) is 4.79 Å². The van der Waals surface area contributed by atoms with Crippen molar-refractivity contribution < 1.29 is 13.7 Å². The smallest absolute Gasteiger partial charge is 0.315 e. The van der Waals surface area contributed by atoms with E-state index in [1.165, 1.54) is 6.92 Å². The van der Waals surface area contributed by atoms with Crippen molar-refractivity contribution in [1.29, 1.82) is 0 Å². The Hall–Kier alpha value is -1.16. The lowest BCUT2D eigenvalue weighted by molar-refractivity contribution is -0.130. The molecule has 4 heteroatoms. The van der Waals surface area contributed by atoms with Crippen molar-refractivity contribution in [2.45, 2.75) is 11.8 Å². The predicted octanol–water partition coefficient (Wildman–Crippen LogP) is 2.27. The summed E-state index contributed by atoms with van der Waals surface area (Å²) in [5.74, 6) is 0.379. The lowest BCUT2D eigenvalue weighted by Crippen LogP contribution is -1.91. The number of ether oxygens (including phenoxy) is 1. The van der Waals surface area contributed by atoms with Gasteiger partial charge < -0.3 is 8.92 Å². The van der Waals surface area contributed by atoms with Crippen LogP contribution in [0, 0.1) is 0 Å². The van der Waals surface area contributed by atoms with E-state index in [1.807, 2.05) is 24.3 Å². The molecular formula is C9H10O3S. The Morgan fingerprint density at radius 2 is 2.08 bits per heavy atom. The zero-order valence-electron chi connectivity index (χ0n) is 7.44. The molecule has 70 valence electrons. The Kier molecular flexibility index (Phi) is 3.64. The average Bonchev–Trinajstić information content (AvgIpc) is 2.15. The largest absolute Gasteiger partial charge is 0.495 e. The van der Waals surface area contributed by atoms with Gasteiger partial charge in [-0.15, -0.1) is 0 Å². The molecule has 13 heavy (non-hydrogen) atoms. The summed E-state index contributed by atoms with van der Waals surface area (Å²) in [4.78, 5) is 11.3. The van der Waals surface area contributed by atoms with Crippen LogP contribution in [0.2, 0.25) is 0 Å². The van der Waals surface area contributed by atoms with E-state index in [0.717, 1.165) is 16.9 Å². The Balaban J connectivity index is 2.69. The van der Waals surface area contributed by atoms with Gasteiger partial charge in [0.25, 0.3) is 0 Å². The standard InChI is InChI=1S/C9H10O3S/c1-7(10)12-13-9-6-4-3-5-8(9)11-2/h3-6H,1-2H3. The molecular weight excluding hydrogens is 188 g/mol. The van der Waals surface area contributed by atoms with Gasteiger partial charge in [0.1, 0.15) is 5.75 Å². The molecule has 0 aliphatic rings. The summed E-state index contributed by atoms with van der Waals surface area (Å²) < 4.78 is 9.83. The topological polar surface area (TPSA) is 35.5 Å². The number of hydrogen-bond acceptors (Lipinski definition) is 4. The van der Waals surface area contributed by atoms with Crippen LogP contribution in [0.3, 0.4) is 0 Å². The van der Waals surface area contributed by atoms with Crippen LogP contribution in [0.5, 0.6) is 5.75 Å². The number of hydrogen-bond donors (Lipinski definition) is 0. The Morgan fingerprint density at radius 1 is 1.38 bits per heavy atom. The summed E-state index contributed by atoms with van der Waals surface area (Å²) in [7, 11) is 1.58. The molecule has 0 aromatic heterocycles. The maximum Gasteiger partial charge on any atom is 0.315 e. The summed E-state index contributed by atoms with van der Waals surface area (Å²) in [6.45, 7) is 1.36. The first-order valence-corrected chi connectivity index (χ1v) is 4.46. The summed E-state index contributed by atoms with van der Waals surface area (Å²) >= 11 is 1.01. The van der Waals surface area contributed by atoms with Gasteiger partial charge in [0.15, 0.2) is 0 Å². The van der Waals surface area contributed by atoms with E-state index in [2.05, 4.69) is 0 Å². The fourth-order valence-corrected chi connectivity index (χ4v) is 1.37. The van der Waals surface area contributed by atoms with E-state index in [4.69, 9.17) is 8.92 Å². The van der Waals surface area contributed by atoms with Crippen molar-refractivity contribution in [3.63, 3.8) is 0 Å². The molecule has 3 nitrogen and oxygen atoms in total. The molecule has 0 N–H and O–H groups in total. The third-order valence-electron chi connectivity index (χ3n) is 1.32. The molecule has 0 unspecified atom stereocenters. The summed E-state index contributed by atoms with van der Waals surface area (Å²) in [5.41, 5.74) is 0. The lowest BCUT2D eigenvalue weighted by Gasteiger charge is -2.05. The summed E-state index contributed by atoms with van der Waals surface area (Å²) in [6, 6.07) is 7.35. The van der Waals surface area contributed by atoms with Crippen LogP contribution in [0.4, 0.5) is 0 Å². The van der Waals surface area contributed by atoms with Gasteiger partial charge in [0.2, 0.25) is 0 Å². The first-order chi connectivity index (χ1) is 6.24. The van der Waals surface area contributed by atoms with Crippen LogP contribution in [0.25, 0.3) is 0 Å². The minimum absolute atomic E-state index is 0.323. The monoisotopic (exact) mass is 198 g/mol. The third-order valence-corrected chi connectivity index (χ3v) is 2.15. The summed E-state index contributed by atoms with van der Waals surface area (Å²) in [5, 5.41) is 0. The molecule has 0 heterocycles. The predicted molar refractivity (Wildman–Crippen MR) is 50.6 cm³/mol. The molecule has 0 fully saturated rings. The lowest BCUT2D eigenvalue weighted by atomic mass is 10.3. The molecule has 0 saturated carbocycles. The summed E-state index contributed by atoms with van der Waals surface area (Å²) in [6.07, 6.45) is 0. The van der Waals surface area contributed by atoms with Crippen molar-refractivity contribution in [2.24, 2.45) is 0 Å². The van der Waals surface area contributed by atoms with Gasteiger partial charge in [0.05, 0.1) is 24.0 Å². The molecule has 1 aromatic rings. The highest BCUT2D eigenvalue weighted by Crippen LogP contribution is 2.29. The highest BCUT2D eigenvalue weighted by Gasteiger charge is 2.04. The van der Waals surface area contributed by atoms with Gasteiger partial charge in [-0.3, -0.25) is 4.79 Å². The zero-order valence-corrected chi connectivity index (χ0v) is 8.26. The van der Waals surface area contributed by atoms with Crippen molar-refractivity contribution in [3.8, 4) is 5.75 Å². The van der Waals surface area contributed by atoms with Crippen LogP contribution in [0.1, 0.15) is 6.92 Å². The van der Waals surface area contributed by atoms with E-state index in [-0.39, 0.29) is 5.97 Å². The SMILES string of the molecule is COc1ccccc1SOC(C)=O. The second kappa shape index (κ2) is 4.77. The van der Waals surface area contributed by atoms with E-state index in [1.54, 1.807) is 7.11 Å². The van der Waals surface area contributed by atoms with Gasteiger partial charge >= 0.3 is 5.97 Å². The molecule has 0 aliphatic carbocycles. The quantitative estimate of drug-likeness (QED) is 0.698. The second-order valence-electron chi connectivity index (χ2n) is 2.31. The van der Waals surface area contributed by atoms with E-state index < -0.39 is 0 Å². The molecule has 0 bridgehead atoms. The van der Waals surface area contributed by atoms with E-state index >= 15 is 0 Å². The maximum atomic E-state index is 10.5. The molecule has 0 amide bonds. The molecule has 0 radical (unpaired) electrons. The van der Waals surface area contributed by atoms with Crippen molar-refractivity contribution >= 4 is 18.0 Å². The molecule has 0 saturated heterocycles. The number of carbonyl (C=O) groups is 1. The minimum atomic E-state index is -0.323. The number of carbonyl (C=O) groups excluding carboxylic acids is 1. The minimum Gasteiger partial charge on any atom is -0.495 e. The van der Waals surface area contributed by atoms with Crippen LogP contribution in [-0.2, 0) is 8.98 Å². The molecule has 1 aromatic carbocycles. The number of benzene rings is 1. The van der Waals surface area contributed by atoms with Crippen LogP contribution < -0.4 is 4.74 Å². The number of rotatable bonds is 3. The highest BCUT2D eigenvalue weighted by molar-refractivity contribution is 7.95. The first kappa shape index (κ1) is 9.92. The van der Waals surface area contributed by atoms with Crippen LogP contribution >= 0.6 is 12.0 Å².